The van der Waals surface area contributed by atoms with Crippen LogP contribution in [0.3, 0.4) is 0 Å². The number of benzene rings is 1. The van der Waals surface area contributed by atoms with Gasteiger partial charge in [0.15, 0.2) is 0 Å². The molecule has 0 saturated heterocycles. The van der Waals surface area contributed by atoms with Gasteiger partial charge in [-0.25, -0.2) is 4.79 Å². The van der Waals surface area contributed by atoms with E-state index >= 15 is 0 Å². The van der Waals surface area contributed by atoms with E-state index in [1.54, 1.807) is 6.08 Å². The van der Waals surface area contributed by atoms with Crippen LogP contribution in [0.2, 0.25) is 0 Å². The van der Waals surface area contributed by atoms with E-state index in [0.717, 1.165) is 16.8 Å². The molecule has 0 unspecified atom stereocenters. The maximum atomic E-state index is 12.3. The summed E-state index contributed by atoms with van der Waals surface area (Å²) >= 11 is 0. The van der Waals surface area contributed by atoms with Gasteiger partial charge in [-0.2, -0.15) is 0 Å². The van der Waals surface area contributed by atoms with Gasteiger partial charge in [0, 0.05) is 29.6 Å². The van der Waals surface area contributed by atoms with Gasteiger partial charge in [-0.3, -0.25) is 4.79 Å². The van der Waals surface area contributed by atoms with Gasteiger partial charge in [-0.1, -0.05) is 32.1 Å². The number of esters is 1. The number of allylic oxidation sites excluding steroid dienone is 1. The first-order chi connectivity index (χ1) is 13.9. The van der Waals surface area contributed by atoms with Crippen LogP contribution < -0.4 is 0 Å². The SMILES string of the molecule is Cc1c(C[C@@]2(C=CC(=O)OC(C)(C)C)[C@H](C(=O)O)C2(C)C)cccc1-n1cccc1. The molecule has 2 aromatic rings. The minimum Gasteiger partial charge on any atom is -0.481 e. The zero-order chi connectivity index (χ0) is 22.3. The summed E-state index contributed by atoms with van der Waals surface area (Å²) in [5.74, 6) is -1.86. The third-order valence-corrected chi connectivity index (χ3v) is 6.31. The first-order valence-corrected chi connectivity index (χ1v) is 10.3. The van der Waals surface area contributed by atoms with Gasteiger partial charge in [0.2, 0.25) is 0 Å². The molecule has 160 valence electrons. The van der Waals surface area contributed by atoms with Crippen molar-refractivity contribution < 1.29 is 19.4 Å². The van der Waals surface area contributed by atoms with E-state index in [2.05, 4.69) is 17.6 Å². The predicted octanol–water partition coefficient (Wildman–Crippen LogP) is 4.95. The van der Waals surface area contributed by atoms with Crippen LogP contribution in [0.25, 0.3) is 5.69 Å². The molecule has 1 fully saturated rings. The second kappa shape index (κ2) is 7.46. The monoisotopic (exact) mass is 409 g/mol. The lowest BCUT2D eigenvalue weighted by atomic mass is 9.86. The molecule has 1 N–H and O–H groups in total. The number of carboxylic acid groups (broad SMARTS) is 1. The van der Waals surface area contributed by atoms with Crippen LogP contribution >= 0.6 is 0 Å². The summed E-state index contributed by atoms with van der Waals surface area (Å²) in [4.78, 5) is 24.3. The van der Waals surface area contributed by atoms with Crippen molar-refractivity contribution in [2.45, 2.75) is 53.6 Å². The molecular formula is C25H31NO4. The number of aromatic nitrogens is 1. The maximum Gasteiger partial charge on any atom is 0.330 e. The van der Waals surface area contributed by atoms with Crippen molar-refractivity contribution in [3.63, 3.8) is 0 Å². The fourth-order valence-corrected chi connectivity index (χ4v) is 4.62. The second-order valence-electron chi connectivity index (χ2n) is 9.73. The number of carbonyl (C=O) groups excluding carboxylic acids is 1. The third-order valence-electron chi connectivity index (χ3n) is 6.31. The van der Waals surface area contributed by atoms with E-state index < -0.39 is 34.3 Å². The highest BCUT2D eigenvalue weighted by molar-refractivity contribution is 5.84. The van der Waals surface area contributed by atoms with Crippen LogP contribution in [0.5, 0.6) is 0 Å². The van der Waals surface area contributed by atoms with Crippen molar-refractivity contribution in [3.8, 4) is 5.69 Å². The Balaban J connectivity index is 1.97. The molecule has 0 spiro atoms. The Kier molecular flexibility index (Phi) is 5.44. The average molecular weight is 410 g/mol. The van der Waals surface area contributed by atoms with Crippen molar-refractivity contribution in [3.05, 3.63) is 66.0 Å². The van der Waals surface area contributed by atoms with Crippen LogP contribution in [0, 0.1) is 23.7 Å². The molecule has 1 saturated carbocycles. The molecule has 0 bridgehead atoms. The Morgan fingerprint density at radius 1 is 1.17 bits per heavy atom. The van der Waals surface area contributed by atoms with Gasteiger partial charge in [-0.05, 0) is 68.9 Å². The number of rotatable bonds is 6. The summed E-state index contributed by atoms with van der Waals surface area (Å²) in [5, 5.41) is 9.87. The normalized spacial score (nSPS) is 22.8. The highest BCUT2D eigenvalue weighted by Crippen LogP contribution is 2.71. The van der Waals surface area contributed by atoms with E-state index in [1.807, 2.05) is 71.3 Å². The highest BCUT2D eigenvalue weighted by Gasteiger charge is 2.72. The lowest BCUT2D eigenvalue weighted by Gasteiger charge is -2.21. The summed E-state index contributed by atoms with van der Waals surface area (Å²) in [6.45, 7) is 11.4. The summed E-state index contributed by atoms with van der Waals surface area (Å²) in [7, 11) is 0. The lowest BCUT2D eigenvalue weighted by molar-refractivity contribution is -0.148. The average Bonchev–Trinajstić information content (AvgIpc) is 2.96. The number of carboxylic acids is 1. The van der Waals surface area contributed by atoms with Crippen molar-refractivity contribution >= 4 is 11.9 Å². The van der Waals surface area contributed by atoms with Crippen LogP contribution in [0.15, 0.2) is 54.9 Å². The molecule has 0 amide bonds. The molecule has 0 radical (unpaired) electrons. The largest absolute Gasteiger partial charge is 0.481 e. The minimum atomic E-state index is -0.840. The first-order valence-electron chi connectivity index (χ1n) is 10.3. The second-order valence-corrected chi connectivity index (χ2v) is 9.73. The predicted molar refractivity (Wildman–Crippen MR) is 117 cm³/mol. The highest BCUT2D eigenvalue weighted by atomic mass is 16.6. The fraction of sp³-hybridized carbons (Fsp3) is 0.440. The van der Waals surface area contributed by atoms with E-state index in [4.69, 9.17) is 4.74 Å². The molecule has 1 heterocycles. The Labute approximate surface area is 178 Å². The van der Waals surface area contributed by atoms with E-state index in [1.165, 1.54) is 6.08 Å². The van der Waals surface area contributed by atoms with Gasteiger partial charge in [0.25, 0.3) is 0 Å². The molecular weight excluding hydrogens is 378 g/mol. The van der Waals surface area contributed by atoms with Gasteiger partial charge < -0.3 is 14.4 Å². The van der Waals surface area contributed by atoms with Crippen LogP contribution in [0.4, 0.5) is 0 Å². The molecule has 30 heavy (non-hydrogen) atoms. The van der Waals surface area contributed by atoms with Gasteiger partial charge in [0.1, 0.15) is 5.60 Å². The molecule has 2 atom stereocenters. The van der Waals surface area contributed by atoms with Crippen molar-refractivity contribution in [1.82, 2.24) is 4.57 Å². The van der Waals surface area contributed by atoms with Crippen LogP contribution in [-0.4, -0.2) is 27.2 Å². The van der Waals surface area contributed by atoms with Gasteiger partial charge >= 0.3 is 11.9 Å². The third kappa shape index (κ3) is 3.93. The quantitative estimate of drug-likeness (QED) is 0.541. The summed E-state index contributed by atoms with van der Waals surface area (Å²) < 4.78 is 7.44. The van der Waals surface area contributed by atoms with Crippen molar-refractivity contribution in [1.29, 1.82) is 0 Å². The number of ether oxygens (including phenoxy) is 1. The molecule has 5 nitrogen and oxygen atoms in total. The van der Waals surface area contributed by atoms with Crippen LogP contribution in [-0.2, 0) is 20.7 Å². The zero-order valence-corrected chi connectivity index (χ0v) is 18.6. The van der Waals surface area contributed by atoms with E-state index in [0.29, 0.717) is 6.42 Å². The smallest absolute Gasteiger partial charge is 0.330 e. The maximum absolute atomic E-state index is 12.3. The standard InChI is InChI=1S/C25H31NO4/c1-17-18(10-9-11-19(17)26-14-7-8-15-26)16-25(21(22(28)29)24(25,5)6)13-12-20(27)30-23(2,3)4/h7-15,21H,16H2,1-6H3,(H,28,29)/t21-,25+/m1/s1. The number of nitrogens with zero attached hydrogens (tertiary/aromatic N) is 1. The van der Waals surface area contributed by atoms with Gasteiger partial charge in [-0.15, -0.1) is 0 Å². The Hall–Kier alpha value is -2.82. The number of aliphatic carboxylic acids is 1. The summed E-state index contributed by atoms with van der Waals surface area (Å²) in [5.41, 5.74) is 1.51. The Morgan fingerprint density at radius 3 is 2.33 bits per heavy atom. The summed E-state index contributed by atoms with van der Waals surface area (Å²) in [6.07, 6.45) is 7.69. The number of hydrogen-bond donors (Lipinski definition) is 1. The van der Waals surface area contributed by atoms with Gasteiger partial charge in [0.05, 0.1) is 5.92 Å². The minimum absolute atomic E-state index is 0.452. The Bertz CT molecular complexity index is 979. The molecule has 0 aliphatic heterocycles. The summed E-state index contributed by atoms with van der Waals surface area (Å²) in [6, 6.07) is 10.0. The topological polar surface area (TPSA) is 68.5 Å². The van der Waals surface area contributed by atoms with Crippen LogP contribution in [0.1, 0.15) is 45.7 Å². The molecule has 1 aliphatic carbocycles. The Morgan fingerprint density at radius 2 is 1.80 bits per heavy atom. The molecule has 3 rings (SSSR count). The zero-order valence-electron chi connectivity index (χ0n) is 18.6. The lowest BCUT2D eigenvalue weighted by Crippen LogP contribution is -2.23. The van der Waals surface area contributed by atoms with Crippen molar-refractivity contribution in [2.24, 2.45) is 16.7 Å². The molecule has 5 heteroatoms. The van der Waals surface area contributed by atoms with E-state index in [-0.39, 0.29) is 0 Å². The molecule has 1 aromatic heterocycles. The number of hydrogen-bond acceptors (Lipinski definition) is 3. The first kappa shape index (κ1) is 21.9. The fourth-order valence-electron chi connectivity index (χ4n) is 4.62. The molecule has 1 aromatic carbocycles. The molecule has 1 aliphatic rings. The van der Waals surface area contributed by atoms with Crippen molar-refractivity contribution in [2.75, 3.05) is 0 Å². The number of carbonyl (C=O) groups is 2. The van der Waals surface area contributed by atoms with E-state index in [9.17, 15) is 14.7 Å².